The predicted molar refractivity (Wildman–Crippen MR) is 117 cm³/mol. The average Bonchev–Trinajstić information content (AvgIpc) is 3.33. The molecule has 172 valence electrons. The summed E-state index contributed by atoms with van der Waals surface area (Å²) >= 11 is 0. The van der Waals surface area contributed by atoms with Gasteiger partial charge in [0.05, 0.1) is 24.9 Å². The molecule has 1 aromatic carbocycles. The van der Waals surface area contributed by atoms with Gasteiger partial charge in [-0.3, -0.25) is 4.90 Å². The molecule has 0 radical (unpaired) electrons. The highest BCUT2D eigenvalue weighted by molar-refractivity contribution is 5.70. The molecule has 9 heteroatoms. The second-order valence-corrected chi connectivity index (χ2v) is 8.38. The van der Waals surface area contributed by atoms with Crippen LogP contribution in [0.25, 0.3) is 0 Å². The second kappa shape index (κ2) is 9.18. The van der Waals surface area contributed by atoms with E-state index >= 15 is 0 Å². The standard InChI is InChI=1S/C23H29FN4O4/c1-5-14-6-8-17(16(24)10-14)27-21-20(30-4)22(26-12-25-21)32-19-11-15-7-9-18(19)28(15)23(29)31-13(2)3/h6,8,10,12-13,15,18-19H,5,7,9,11H2,1-4H3,(H,25,26,27)/t15?,18?,19-/m0/s1. The number of hydrogen-bond donors (Lipinski definition) is 1. The van der Waals surface area contributed by atoms with Gasteiger partial charge in [-0.1, -0.05) is 13.0 Å². The van der Waals surface area contributed by atoms with Gasteiger partial charge in [-0.25, -0.2) is 14.2 Å². The molecular weight excluding hydrogens is 415 g/mol. The molecule has 0 saturated carbocycles. The van der Waals surface area contributed by atoms with E-state index in [1.165, 1.54) is 19.5 Å². The molecule has 1 N–H and O–H groups in total. The van der Waals surface area contributed by atoms with Crippen LogP contribution < -0.4 is 14.8 Å². The molecule has 0 aliphatic carbocycles. The van der Waals surface area contributed by atoms with Crippen molar-refractivity contribution in [2.45, 2.75) is 70.7 Å². The molecule has 32 heavy (non-hydrogen) atoms. The zero-order chi connectivity index (χ0) is 22.8. The van der Waals surface area contributed by atoms with Crippen molar-refractivity contribution in [3.63, 3.8) is 0 Å². The van der Waals surface area contributed by atoms with Crippen molar-refractivity contribution in [3.05, 3.63) is 35.9 Å². The molecule has 3 heterocycles. The molecular formula is C23H29FN4O4. The van der Waals surface area contributed by atoms with Crippen molar-refractivity contribution in [2.75, 3.05) is 12.4 Å². The molecule has 2 aliphatic heterocycles. The van der Waals surface area contributed by atoms with Gasteiger partial charge in [0.15, 0.2) is 5.82 Å². The third-order valence-electron chi connectivity index (χ3n) is 5.96. The molecule has 2 aromatic rings. The van der Waals surface area contributed by atoms with Gasteiger partial charge in [-0.2, -0.15) is 4.98 Å². The van der Waals surface area contributed by atoms with Crippen LogP contribution in [-0.2, 0) is 11.2 Å². The fraction of sp³-hybridized carbons (Fsp3) is 0.522. The minimum atomic E-state index is -0.375. The van der Waals surface area contributed by atoms with Crippen molar-refractivity contribution >= 4 is 17.6 Å². The third kappa shape index (κ3) is 4.28. The molecule has 0 spiro atoms. The van der Waals surface area contributed by atoms with E-state index in [1.807, 2.05) is 26.8 Å². The number of carbonyl (C=O) groups excluding carboxylic acids is 1. The lowest BCUT2D eigenvalue weighted by molar-refractivity contribution is 0.0639. The number of aromatic nitrogens is 2. The number of benzene rings is 1. The van der Waals surface area contributed by atoms with Crippen molar-refractivity contribution < 1.29 is 23.4 Å². The smallest absolute Gasteiger partial charge is 0.410 e. The van der Waals surface area contributed by atoms with Gasteiger partial charge in [0.1, 0.15) is 18.2 Å². The van der Waals surface area contributed by atoms with Crippen LogP contribution in [0.5, 0.6) is 11.6 Å². The first kappa shape index (κ1) is 22.1. The number of methoxy groups -OCH3 is 1. The largest absolute Gasteiger partial charge is 0.489 e. The minimum Gasteiger partial charge on any atom is -0.489 e. The van der Waals surface area contributed by atoms with Gasteiger partial charge in [-0.05, 0) is 50.8 Å². The molecule has 2 saturated heterocycles. The quantitative estimate of drug-likeness (QED) is 0.675. The maximum Gasteiger partial charge on any atom is 0.410 e. The summed E-state index contributed by atoms with van der Waals surface area (Å²) in [6.07, 6.45) is 3.85. The van der Waals surface area contributed by atoms with Crippen LogP contribution in [0.2, 0.25) is 0 Å². The Balaban J connectivity index is 1.52. The maximum absolute atomic E-state index is 14.5. The van der Waals surface area contributed by atoms with E-state index in [9.17, 15) is 9.18 Å². The Bertz CT molecular complexity index is 986. The van der Waals surface area contributed by atoms with Gasteiger partial charge in [0, 0.05) is 12.5 Å². The summed E-state index contributed by atoms with van der Waals surface area (Å²) in [5, 5.41) is 2.98. The minimum absolute atomic E-state index is 0.0821. The van der Waals surface area contributed by atoms with Crippen LogP contribution in [-0.4, -0.2) is 52.4 Å². The van der Waals surface area contributed by atoms with E-state index in [1.54, 1.807) is 11.0 Å². The molecule has 2 aliphatic rings. The lowest BCUT2D eigenvalue weighted by Gasteiger charge is -2.25. The molecule has 2 fully saturated rings. The Morgan fingerprint density at radius 1 is 1.31 bits per heavy atom. The number of fused-ring (bicyclic) bond motifs is 2. The Labute approximate surface area is 187 Å². The first-order valence-corrected chi connectivity index (χ1v) is 11.0. The summed E-state index contributed by atoms with van der Waals surface area (Å²) in [5.74, 6) is 0.468. The van der Waals surface area contributed by atoms with Crippen molar-refractivity contribution in [1.82, 2.24) is 14.9 Å². The Hall–Kier alpha value is -3.10. The van der Waals surface area contributed by atoms with Crippen molar-refractivity contribution in [2.24, 2.45) is 0 Å². The summed E-state index contributed by atoms with van der Waals surface area (Å²) in [5.41, 5.74) is 1.19. The lowest BCUT2D eigenvalue weighted by Crippen LogP contribution is -2.40. The number of anilines is 2. The van der Waals surface area contributed by atoms with E-state index < -0.39 is 0 Å². The highest BCUT2D eigenvalue weighted by atomic mass is 19.1. The topological polar surface area (TPSA) is 85.8 Å². The molecule has 2 unspecified atom stereocenters. The number of halogens is 1. The summed E-state index contributed by atoms with van der Waals surface area (Å²) in [4.78, 5) is 22.8. The summed E-state index contributed by atoms with van der Waals surface area (Å²) in [7, 11) is 1.49. The molecule has 2 bridgehead atoms. The zero-order valence-electron chi connectivity index (χ0n) is 18.8. The van der Waals surface area contributed by atoms with Crippen LogP contribution in [0.3, 0.4) is 0 Å². The Morgan fingerprint density at radius 2 is 2.12 bits per heavy atom. The first-order valence-electron chi connectivity index (χ1n) is 11.0. The fourth-order valence-electron chi connectivity index (χ4n) is 4.47. The molecule has 8 nitrogen and oxygen atoms in total. The van der Waals surface area contributed by atoms with Crippen LogP contribution in [0.1, 0.15) is 45.6 Å². The first-order chi connectivity index (χ1) is 15.4. The Morgan fingerprint density at radius 3 is 2.81 bits per heavy atom. The van der Waals surface area contributed by atoms with Crippen molar-refractivity contribution in [3.8, 4) is 11.6 Å². The van der Waals surface area contributed by atoms with Crippen LogP contribution in [0, 0.1) is 5.82 Å². The normalized spacial score (nSPS) is 21.7. The van der Waals surface area contributed by atoms with Crippen LogP contribution in [0.4, 0.5) is 20.7 Å². The second-order valence-electron chi connectivity index (χ2n) is 8.38. The SMILES string of the molecule is CCc1ccc(Nc2ncnc(O[C@H]3CC4CCC3N4C(=O)OC(C)C)c2OC)c(F)c1. The highest BCUT2D eigenvalue weighted by Crippen LogP contribution is 2.42. The molecule has 1 aromatic heterocycles. The summed E-state index contributed by atoms with van der Waals surface area (Å²) in [6.45, 7) is 5.64. The van der Waals surface area contributed by atoms with Gasteiger partial charge in [-0.15, -0.1) is 0 Å². The molecule has 4 rings (SSSR count). The number of amides is 1. The van der Waals surface area contributed by atoms with Gasteiger partial charge in [0.25, 0.3) is 5.88 Å². The summed E-state index contributed by atoms with van der Waals surface area (Å²) < 4.78 is 31.6. The van der Waals surface area contributed by atoms with Crippen LogP contribution in [0.15, 0.2) is 24.5 Å². The monoisotopic (exact) mass is 444 g/mol. The lowest BCUT2D eigenvalue weighted by atomic mass is 9.98. The number of aryl methyl sites for hydroxylation is 1. The van der Waals surface area contributed by atoms with Crippen molar-refractivity contribution in [1.29, 1.82) is 0 Å². The number of nitrogens with one attached hydrogen (secondary N) is 1. The Kier molecular flexibility index (Phi) is 6.34. The number of hydrogen-bond acceptors (Lipinski definition) is 7. The average molecular weight is 445 g/mol. The molecule has 1 amide bonds. The zero-order valence-corrected chi connectivity index (χ0v) is 18.8. The summed E-state index contributed by atoms with van der Waals surface area (Å²) in [6, 6.07) is 5.03. The van der Waals surface area contributed by atoms with Gasteiger partial charge < -0.3 is 19.5 Å². The maximum atomic E-state index is 14.5. The van der Waals surface area contributed by atoms with E-state index in [4.69, 9.17) is 14.2 Å². The number of rotatable bonds is 7. The predicted octanol–water partition coefficient (Wildman–Crippen LogP) is 4.46. The van der Waals surface area contributed by atoms with E-state index in [2.05, 4.69) is 15.3 Å². The van der Waals surface area contributed by atoms with Gasteiger partial charge >= 0.3 is 6.09 Å². The highest BCUT2D eigenvalue weighted by Gasteiger charge is 2.51. The van der Waals surface area contributed by atoms with Gasteiger partial charge in [0.2, 0.25) is 5.75 Å². The van der Waals surface area contributed by atoms with Crippen LogP contribution >= 0.6 is 0 Å². The van der Waals surface area contributed by atoms with E-state index in [0.29, 0.717) is 12.2 Å². The fourth-order valence-corrected chi connectivity index (χ4v) is 4.47. The number of carbonyl (C=O) groups is 1. The molecule has 3 atom stereocenters. The third-order valence-corrected chi connectivity index (χ3v) is 5.96. The van der Waals surface area contributed by atoms with E-state index in [-0.39, 0.29) is 53.5 Å². The van der Waals surface area contributed by atoms with E-state index in [0.717, 1.165) is 24.8 Å². The number of ether oxygens (including phenoxy) is 3. The number of nitrogens with zero attached hydrogens (tertiary/aromatic N) is 3.